The van der Waals surface area contributed by atoms with Gasteiger partial charge in [0.2, 0.25) is 5.91 Å². The lowest BCUT2D eigenvalue weighted by atomic mass is 10.0. The second kappa shape index (κ2) is 4.70. The van der Waals surface area contributed by atoms with Crippen molar-refractivity contribution in [2.24, 2.45) is 0 Å². The highest BCUT2D eigenvalue weighted by Crippen LogP contribution is 2.15. The summed E-state index contributed by atoms with van der Waals surface area (Å²) in [6, 6.07) is -0.589. The molecule has 1 aliphatic heterocycles. The Morgan fingerprint density at radius 3 is 2.64 bits per heavy atom. The summed E-state index contributed by atoms with van der Waals surface area (Å²) in [5, 5.41) is 21.5. The van der Waals surface area contributed by atoms with Crippen molar-refractivity contribution in [3.05, 3.63) is 0 Å². The fourth-order valence-electron chi connectivity index (χ4n) is 1.39. The van der Waals surface area contributed by atoms with E-state index in [1.807, 2.05) is 0 Å². The minimum absolute atomic E-state index is 0.121. The number of aliphatic hydroxyl groups is 2. The van der Waals surface area contributed by atoms with Gasteiger partial charge in [-0.3, -0.25) is 4.79 Å². The lowest BCUT2D eigenvalue weighted by Crippen LogP contribution is -2.59. The summed E-state index contributed by atoms with van der Waals surface area (Å²) in [7, 11) is 1.37. The maximum atomic E-state index is 10.7. The van der Waals surface area contributed by atoms with Crippen LogP contribution in [0.25, 0.3) is 0 Å². The fourth-order valence-corrected chi connectivity index (χ4v) is 1.39. The third kappa shape index (κ3) is 2.42. The lowest BCUT2D eigenvalue weighted by Gasteiger charge is -2.36. The zero-order chi connectivity index (χ0) is 10.7. The van der Waals surface area contributed by atoms with Gasteiger partial charge in [-0.05, 0) is 0 Å². The van der Waals surface area contributed by atoms with E-state index < -0.39 is 24.5 Å². The average molecular weight is 205 g/mol. The maximum Gasteiger partial charge on any atom is 0.217 e. The number of methoxy groups -OCH3 is 1. The van der Waals surface area contributed by atoms with E-state index in [0.29, 0.717) is 0 Å². The van der Waals surface area contributed by atoms with Crippen LogP contribution < -0.4 is 5.32 Å². The van der Waals surface area contributed by atoms with Gasteiger partial charge in [-0.15, -0.1) is 0 Å². The van der Waals surface area contributed by atoms with Gasteiger partial charge in [0.25, 0.3) is 0 Å². The Bertz CT molecular complexity index is 210. The van der Waals surface area contributed by atoms with E-state index in [1.165, 1.54) is 14.0 Å². The predicted molar refractivity (Wildman–Crippen MR) is 46.4 cm³/mol. The Labute approximate surface area is 81.8 Å². The van der Waals surface area contributed by atoms with Crippen molar-refractivity contribution >= 4 is 5.91 Å². The first-order valence-corrected chi connectivity index (χ1v) is 4.34. The highest BCUT2D eigenvalue weighted by atomic mass is 16.7. The molecule has 0 bridgehead atoms. The first kappa shape index (κ1) is 11.4. The van der Waals surface area contributed by atoms with Crippen molar-refractivity contribution in [3.8, 4) is 0 Å². The van der Waals surface area contributed by atoms with Gasteiger partial charge in [-0.1, -0.05) is 0 Å². The number of ether oxygens (including phenoxy) is 2. The van der Waals surface area contributed by atoms with Crippen molar-refractivity contribution in [1.29, 1.82) is 0 Å². The number of carbonyl (C=O) groups is 1. The largest absolute Gasteiger partial charge is 0.388 e. The molecule has 1 fully saturated rings. The molecule has 0 aromatic heterocycles. The molecule has 0 unspecified atom stereocenters. The van der Waals surface area contributed by atoms with Gasteiger partial charge in [-0.25, -0.2) is 0 Å². The Morgan fingerprint density at radius 1 is 1.50 bits per heavy atom. The molecule has 0 aromatic rings. The Hall–Kier alpha value is -0.690. The van der Waals surface area contributed by atoms with Gasteiger partial charge in [0.1, 0.15) is 12.2 Å². The lowest BCUT2D eigenvalue weighted by molar-refractivity contribution is -0.240. The molecule has 4 atom stereocenters. The van der Waals surface area contributed by atoms with Crippen LogP contribution in [0.4, 0.5) is 0 Å². The zero-order valence-electron chi connectivity index (χ0n) is 8.14. The SMILES string of the molecule is CO[C@H]1OC[C@H](NC(C)=O)[C@H](O)[C@H]1O. The Morgan fingerprint density at radius 2 is 2.14 bits per heavy atom. The topological polar surface area (TPSA) is 88.0 Å². The van der Waals surface area contributed by atoms with Crippen LogP contribution in [-0.2, 0) is 14.3 Å². The van der Waals surface area contributed by atoms with E-state index in [1.54, 1.807) is 0 Å². The minimum Gasteiger partial charge on any atom is -0.388 e. The van der Waals surface area contributed by atoms with Crippen LogP contribution in [-0.4, -0.2) is 54.4 Å². The van der Waals surface area contributed by atoms with Crippen LogP contribution in [0.2, 0.25) is 0 Å². The number of hydrogen-bond acceptors (Lipinski definition) is 5. The molecule has 14 heavy (non-hydrogen) atoms. The van der Waals surface area contributed by atoms with E-state index in [9.17, 15) is 15.0 Å². The highest BCUT2D eigenvalue weighted by Gasteiger charge is 2.38. The van der Waals surface area contributed by atoms with Gasteiger partial charge in [-0.2, -0.15) is 0 Å². The molecule has 1 saturated heterocycles. The van der Waals surface area contributed by atoms with Gasteiger partial charge < -0.3 is 25.0 Å². The molecule has 1 rings (SSSR count). The summed E-state index contributed by atoms with van der Waals surface area (Å²) >= 11 is 0. The molecule has 3 N–H and O–H groups in total. The standard InChI is InChI=1S/C8H15NO5/c1-4(10)9-5-3-14-8(13-2)7(12)6(5)11/h5-8,11-12H,3H2,1-2H3,(H,9,10)/t5-,6-,7+,8-/m0/s1. The molecular weight excluding hydrogens is 190 g/mol. The molecule has 6 heteroatoms. The number of hydrogen-bond donors (Lipinski definition) is 3. The molecule has 0 aromatic carbocycles. The van der Waals surface area contributed by atoms with Crippen molar-refractivity contribution < 1.29 is 24.5 Å². The molecule has 0 saturated carbocycles. The normalized spacial score (nSPS) is 38.0. The summed E-state index contributed by atoms with van der Waals surface area (Å²) in [5.41, 5.74) is 0. The first-order valence-electron chi connectivity index (χ1n) is 4.34. The number of amides is 1. The molecule has 1 heterocycles. The fraction of sp³-hybridized carbons (Fsp3) is 0.875. The zero-order valence-corrected chi connectivity index (χ0v) is 8.14. The van der Waals surface area contributed by atoms with Crippen molar-refractivity contribution in [2.75, 3.05) is 13.7 Å². The van der Waals surface area contributed by atoms with E-state index in [2.05, 4.69) is 5.32 Å². The molecule has 1 amide bonds. The summed E-state index contributed by atoms with van der Waals surface area (Å²) in [6.45, 7) is 1.46. The first-order chi connectivity index (χ1) is 6.56. The summed E-state index contributed by atoms with van der Waals surface area (Å²) < 4.78 is 9.86. The molecule has 82 valence electrons. The van der Waals surface area contributed by atoms with Crippen LogP contribution in [0.1, 0.15) is 6.92 Å². The van der Waals surface area contributed by atoms with Crippen LogP contribution >= 0.6 is 0 Å². The Kier molecular flexibility index (Phi) is 3.82. The van der Waals surface area contributed by atoms with Gasteiger partial charge in [0, 0.05) is 14.0 Å². The molecule has 0 spiro atoms. The van der Waals surface area contributed by atoms with Gasteiger partial charge >= 0.3 is 0 Å². The second-order valence-electron chi connectivity index (χ2n) is 3.23. The Balaban J connectivity index is 2.54. The van der Waals surface area contributed by atoms with Gasteiger partial charge in [0.05, 0.1) is 12.6 Å². The second-order valence-corrected chi connectivity index (χ2v) is 3.23. The smallest absolute Gasteiger partial charge is 0.217 e. The minimum atomic E-state index is -1.15. The average Bonchev–Trinajstić information content (AvgIpc) is 2.13. The summed E-state index contributed by atoms with van der Waals surface area (Å²) in [5.74, 6) is -0.277. The number of nitrogens with one attached hydrogen (secondary N) is 1. The van der Waals surface area contributed by atoms with Crippen LogP contribution in [0, 0.1) is 0 Å². The molecule has 1 aliphatic rings. The van der Waals surface area contributed by atoms with Crippen LogP contribution in [0.15, 0.2) is 0 Å². The van der Waals surface area contributed by atoms with Crippen molar-refractivity contribution in [1.82, 2.24) is 5.32 Å². The number of aliphatic hydroxyl groups excluding tert-OH is 2. The van der Waals surface area contributed by atoms with E-state index in [-0.39, 0.29) is 12.5 Å². The molecule has 0 radical (unpaired) electrons. The van der Waals surface area contributed by atoms with Crippen molar-refractivity contribution in [3.63, 3.8) is 0 Å². The quantitative estimate of drug-likeness (QED) is 0.496. The van der Waals surface area contributed by atoms with Gasteiger partial charge in [0.15, 0.2) is 6.29 Å². The summed E-state index contributed by atoms with van der Waals surface area (Å²) in [6.07, 6.45) is -3.06. The maximum absolute atomic E-state index is 10.7. The monoisotopic (exact) mass is 205 g/mol. The van der Waals surface area contributed by atoms with Crippen LogP contribution in [0.5, 0.6) is 0 Å². The van der Waals surface area contributed by atoms with E-state index in [0.717, 1.165) is 0 Å². The molecular formula is C8H15NO5. The van der Waals surface area contributed by atoms with Crippen molar-refractivity contribution in [2.45, 2.75) is 31.5 Å². The number of rotatable bonds is 2. The third-order valence-electron chi connectivity index (χ3n) is 2.10. The molecule has 0 aliphatic carbocycles. The van der Waals surface area contributed by atoms with E-state index in [4.69, 9.17) is 9.47 Å². The molecule has 6 nitrogen and oxygen atoms in total. The third-order valence-corrected chi connectivity index (χ3v) is 2.10. The van der Waals surface area contributed by atoms with Crippen LogP contribution in [0.3, 0.4) is 0 Å². The van der Waals surface area contributed by atoms with E-state index >= 15 is 0 Å². The highest BCUT2D eigenvalue weighted by molar-refractivity contribution is 5.73. The predicted octanol–water partition coefficient (Wildman–Crippen LogP) is -1.78. The summed E-state index contributed by atoms with van der Waals surface area (Å²) in [4.78, 5) is 10.7. The number of carbonyl (C=O) groups excluding carboxylic acids is 1.